The average Bonchev–Trinajstić information content (AvgIpc) is 2.78. The third-order valence-electron chi connectivity index (χ3n) is 3.96. The van der Waals surface area contributed by atoms with Crippen molar-refractivity contribution in [1.29, 1.82) is 0 Å². The summed E-state index contributed by atoms with van der Waals surface area (Å²) >= 11 is 0. The molecular weight excluding hydrogens is 200 g/mol. The van der Waals surface area contributed by atoms with Gasteiger partial charge >= 0.3 is 6.03 Å². The molecule has 1 aliphatic carbocycles. The first-order valence-corrected chi connectivity index (χ1v) is 6.78. The van der Waals surface area contributed by atoms with Crippen molar-refractivity contribution in [2.45, 2.75) is 45.4 Å². The minimum absolute atomic E-state index is 0.165. The fraction of sp³-hybridized carbons (Fsp3) is 0.923. The number of carbonyl (C=O) groups excluding carboxylic acids is 1. The van der Waals surface area contributed by atoms with Gasteiger partial charge in [-0.15, -0.1) is 0 Å². The standard InChI is InChI=1S/C13H24N2O/c1-11-5-4-8-15(10-11)13(16)14-9-12-6-2-3-7-12/h11-12H,2-10H2,1H3,(H,14,16). The zero-order valence-corrected chi connectivity index (χ0v) is 10.4. The Balaban J connectivity index is 1.70. The van der Waals surface area contributed by atoms with E-state index in [2.05, 4.69) is 12.2 Å². The van der Waals surface area contributed by atoms with Crippen LogP contribution in [0.25, 0.3) is 0 Å². The van der Waals surface area contributed by atoms with Crippen LogP contribution in [-0.2, 0) is 0 Å². The smallest absolute Gasteiger partial charge is 0.317 e. The van der Waals surface area contributed by atoms with E-state index in [4.69, 9.17) is 0 Å². The van der Waals surface area contributed by atoms with Crippen molar-refractivity contribution in [3.05, 3.63) is 0 Å². The Labute approximate surface area is 98.6 Å². The van der Waals surface area contributed by atoms with Crippen molar-refractivity contribution in [1.82, 2.24) is 10.2 Å². The Morgan fingerprint density at radius 1 is 1.25 bits per heavy atom. The number of urea groups is 1. The number of hydrogen-bond acceptors (Lipinski definition) is 1. The molecule has 1 aliphatic heterocycles. The van der Waals surface area contributed by atoms with Crippen LogP contribution in [0.15, 0.2) is 0 Å². The van der Waals surface area contributed by atoms with Gasteiger partial charge in [-0.3, -0.25) is 0 Å². The Kier molecular flexibility index (Phi) is 4.08. The monoisotopic (exact) mass is 224 g/mol. The molecule has 2 rings (SSSR count). The van der Waals surface area contributed by atoms with E-state index in [1.807, 2.05) is 4.90 Å². The van der Waals surface area contributed by atoms with Gasteiger partial charge in [0.25, 0.3) is 0 Å². The second-order valence-electron chi connectivity index (χ2n) is 5.53. The van der Waals surface area contributed by atoms with Crippen LogP contribution >= 0.6 is 0 Å². The van der Waals surface area contributed by atoms with Gasteiger partial charge in [-0.05, 0) is 37.5 Å². The van der Waals surface area contributed by atoms with Gasteiger partial charge in [0.1, 0.15) is 0 Å². The Morgan fingerprint density at radius 3 is 2.69 bits per heavy atom. The van der Waals surface area contributed by atoms with Gasteiger partial charge in [-0.2, -0.15) is 0 Å². The van der Waals surface area contributed by atoms with E-state index in [1.165, 1.54) is 32.1 Å². The van der Waals surface area contributed by atoms with Gasteiger partial charge in [0.15, 0.2) is 0 Å². The summed E-state index contributed by atoms with van der Waals surface area (Å²) in [7, 11) is 0. The molecule has 0 aromatic heterocycles. The molecule has 0 aromatic rings. The van der Waals surface area contributed by atoms with Gasteiger partial charge < -0.3 is 10.2 Å². The number of piperidine rings is 1. The number of rotatable bonds is 2. The molecule has 0 bridgehead atoms. The van der Waals surface area contributed by atoms with E-state index in [9.17, 15) is 4.79 Å². The fourth-order valence-corrected chi connectivity index (χ4v) is 2.93. The molecule has 1 unspecified atom stereocenters. The maximum atomic E-state index is 11.9. The van der Waals surface area contributed by atoms with Crippen LogP contribution in [-0.4, -0.2) is 30.6 Å². The third-order valence-corrected chi connectivity index (χ3v) is 3.96. The van der Waals surface area contributed by atoms with Crippen LogP contribution in [0.3, 0.4) is 0 Å². The second-order valence-corrected chi connectivity index (χ2v) is 5.53. The summed E-state index contributed by atoms with van der Waals surface area (Å²) in [6.07, 6.45) is 7.74. The van der Waals surface area contributed by atoms with Crippen molar-refractivity contribution in [3.63, 3.8) is 0 Å². The van der Waals surface area contributed by atoms with E-state index in [0.29, 0.717) is 5.92 Å². The average molecular weight is 224 g/mol. The molecule has 16 heavy (non-hydrogen) atoms. The van der Waals surface area contributed by atoms with E-state index in [0.717, 1.165) is 32.0 Å². The van der Waals surface area contributed by atoms with Gasteiger partial charge in [-0.1, -0.05) is 19.8 Å². The van der Waals surface area contributed by atoms with Gasteiger partial charge in [0, 0.05) is 19.6 Å². The zero-order chi connectivity index (χ0) is 11.4. The molecule has 1 saturated carbocycles. The predicted octanol–water partition coefficient (Wildman–Crippen LogP) is 2.62. The highest BCUT2D eigenvalue weighted by Crippen LogP contribution is 2.23. The maximum absolute atomic E-state index is 11.9. The first-order chi connectivity index (χ1) is 7.75. The molecule has 0 radical (unpaired) electrons. The second kappa shape index (κ2) is 5.55. The molecule has 3 heteroatoms. The molecule has 2 amide bonds. The van der Waals surface area contributed by atoms with Crippen molar-refractivity contribution in [2.24, 2.45) is 11.8 Å². The quantitative estimate of drug-likeness (QED) is 0.768. The Bertz CT molecular complexity index is 236. The lowest BCUT2D eigenvalue weighted by Gasteiger charge is -2.31. The summed E-state index contributed by atoms with van der Waals surface area (Å²) in [4.78, 5) is 13.9. The molecule has 92 valence electrons. The first kappa shape index (κ1) is 11.7. The lowest BCUT2D eigenvalue weighted by atomic mass is 10.0. The minimum atomic E-state index is 0.165. The number of nitrogens with zero attached hydrogens (tertiary/aromatic N) is 1. The number of nitrogens with one attached hydrogen (secondary N) is 1. The highest BCUT2D eigenvalue weighted by atomic mass is 16.2. The van der Waals surface area contributed by atoms with Gasteiger partial charge in [-0.25, -0.2) is 4.79 Å². The molecule has 1 N–H and O–H groups in total. The minimum Gasteiger partial charge on any atom is -0.338 e. The zero-order valence-electron chi connectivity index (χ0n) is 10.4. The molecular formula is C13H24N2O. The highest BCUT2D eigenvalue weighted by Gasteiger charge is 2.22. The summed E-state index contributed by atoms with van der Waals surface area (Å²) in [6, 6.07) is 0.165. The molecule has 1 saturated heterocycles. The maximum Gasteiger partial charge on any atom is 0.317 e. The highest BCUT2D eigenvalue weighted by molar-refractivity contribution is 5.74. The summed E-state index contributed by atoms with van der Waals surface area (Å²) < 4.78 is 0. The predicted molar refractivity (Wildman–Crippen MR) is 65.3 cm³/mol. The van der Waals surface area contributed by atoms with Crippen LogP contribution < -0.4 is 5.32 Å². The van der Waals surface area contributed by atoms with E-state index < -0.39 is 0 Å². The number of likely N-dealkylation sites (tertiary alicyclic amines) is 1. The molecule has 2 aliphatic rings. The summed E-state index contributed by atoms with van der Waals surface area (Å²) in [5.41, 5.74) is 0. The largest absolute Gasteiger partial charge is 0.338 e. The third kappa shape index (κ3) is 3.13. The van der Waals surface area contributed by atoms with Crippen LogP contribution in [0.1, 0.15) is 45.4 Å². The van der Waals surface area contributed by atoms with Crippen molar-refractivity contribution in [2.75, 3.05) is 19.6 Å². The van der Waals surface area contributed by atoms with Crippen LogP contribution in [0.2, 0.25) is 0 Å². The topological polar surface area (TPSA) is 32.3 Å². The fourth-order valence-electron chi connectivity index (χ4n) is 2.93. The Morgan fingerprint density at radius 2 is 2.00 bits per heavy atom. The van der Waals surface area contributed by atoms with Crippen LogP contribution in [0.5, 0.6) is 0 Å². The molecule has 3 nitrogen and oxygen atoms in total. The van der Waals surface area contributed by atoms with Crippen molar-refractivity contribution < 1.29 is 4.79 Å². The van der Waals surface area contributed by atoms with Crippen LogP contribution in [0, 0.1) is 11.8 Å². The first-order valence-electron chi connectivity index (χ1n) is 6.78. The van der Waals surface area contributed by atoms with E-state index in [1.54, 1.807) is 0 Å². The lowest BCUT2D eigenvalue weighted by Crippen LogP contribution is -2.46. The number of hydrogen-bond donors (Lipinski definition) is 1. The van der Waals surface area contributed by atoms with E-state index in [-0.39, 0.29) is 6.03 Å². The summed E-state index contributed by atoms with van der Waals surface area (Å²) in [5, 5.41) is 3.10. The van der Waals surface area contributed by atoms with Crippen molar-refractivity contribution >= 4 is 6.03 Å². The normalized spacial score (nSPS) is 27.1. The number of amides is 2. The Hall–Kier alpha value is -0.730. The molecule has 0 spiro atoms. The van der Waals surface area contributed by atoms with Crippen LogP contribution in [0.4, 0.5) is 4.79 Å². The van der Waals surface area contributed by atoms with Gasteiger partial charge in [0.05, 0.1) is 0 Å². The summed E-state index contributed by atoms with van der Waals surface area (Å²) in [6.45, 7) is 5.01. The number of carbonyl (C=O) groups is 1. The van der Waals surface area contributed by atoms with Gasteiger partial charge in [0.2, 0.25) is 0 Å². The summed E-state index contributed by atoms with van der Waals surface area (Å²) in [5.74, 6) is 1.41. The molecule has 1 heterocycles. The molecule has 2 fully saturated rings. The van der Waals surface area contributed by atoms with Crippen molar-refractivity contribution in [3.8, 4) is 0 Å². The van der Waals surface area contributed by atoms with E-state index >= 15 is 0 Å². The lowest BCUT2D eigenvalue weighted by molar-refractivity contribution is 0.168. The molecule has 0 aromatic carbocycles. The SMILES string of the molecule is CC1CCCN(C(=O)NCC2CCCC2)C1. The molecule has 1 atom stereocenters.